The van der Waals surface area contributed by atoms with Crippen LogP contribution in [0.25, 0.3) is 0 Å². The molecule has 0 saturated carbocycles. The Hall–Kier alpha value is -2.78. The van der Waals surface area contributed by atoms with Crippen molar-refractivity contribution in [2.45, 2.75) is 70.6 Å². The van der Waals surface area contributed by atoms with Gasteiger partial charge in [0.1, 0.15) is 0 Å². The van der Waals surface area contributed by atoms with Crippen LogP contribution in [0.2, 0.25) is 0 Å². The number of esters is 4. The fourth-order valence-corrected chi connectivity index (χ4v) is 2.08. The van der Waals surface area contributed by atoms with Gasteiger partial charge in [0.05, 0.1) is 0 Å². The normalized spacial score (nSPS) is 10.0. The van der Waals surface area contributed by atoms with Crippen LogP contribution in [-0.2, 0) is 38.2 Å². The molecule has 3 N–H and O–H groups in total. The molecule has 0 aromatic carbocycles. The summed E-state index contributed by atoms with van der Waals surface area (Å²) in [7, 11) is 1.52. The van der Waals surface area contributed by atoms with E-state index < -0.39 is 29.8 Å². The molecule has 0 aromatic rings. The van der Waals surface area contributed by atoms with Crippen molar-refractivity contribution < 1.29 is 38.2 Å². The number of amides is 2. The molecule has 0 unspecified atom stereocenters. The first-order valence-corrected chi connectivity index (χ1v) is 9.20. The minimum Gasteiger partial charge on any atom is -0.393 e. The van der Waals surface area contributed by atoms with Crippen molar-refractivity contribution >= 4 is 35.7 Å². The van der Waals surface area contributed by atoms with Crippen molar-refractivity contribution in [3.05, 3.63) is 0 Å². The molecule has 0 saturated heterocycles. The van der Waals surface area contributed by atoms with E-state index in [1.807, 2.05) is 0 Å². The molecule has 0 aromatic heterocycles. The summed E-state index contributed by atoms with van der Waals surface area (Å²) in [5, 5.41) is 2.46. The molecule has 0 bridgehead atoms. The van der Waals surface area contributed by atoms with Gasteiger partial charge in [-0.15, -0.1) is 0 Å². The maximum Gasteiger partial charge on any atom is 0.313 e. The summed E-state index contributed by atoms with van der Waals surface area (Å²) < 4.78 is 9.16. The van der Waals surface area contributed by atoms with E-state index >= 15 is 0 Å². The van der Waals surface area contributed by atoms with Gasteiger partial charge in [0.25, 0.3) is 0 Å². The van der Waals surface area contributed by atoms with Crippen LogP contribution in [-0.4, -0.2) is 42.7 Å². The highest BCUT2D eigenvalue weighted by atomic mass is 16.6. The summed E-state index contributed by atoms with van der Waals surface area (Å²) in [5.41, 5.74) is 4.96. The van der Waals surface area contributed by atoms with E-state index in [2.05, 4.69) is 14.8 Å². The summed E-state index contributed by atoms with van der Waals surface area (Å²) in [6.07, 6.45) is 1.98. The van der Waals surface area contributed by atoms with Gasteiger partial charge in [0.15, 0.2) is 0 Å². The molecule has 0 aliphatic carbocycles. The number of hydrogen-bond donors (Lipinski definition) is 2. The molecule has 0 radical (unpaired) electrons. The second kappa shape index (κ2) is 15.3. The average Bonchev–Trinajstić information content (AvgIpc) is 2.61. The van der Waals surface area contributed by atoms with E-state index in [1.165, 1.54) is 7.05 Å². The van der Waals surface area contributed by atoms with Crippen LogP contribution in [0, 0.1) is 0 Å². The summed E-state index contributed by atoms with van der Waals surface area (Å²) in [4.78, 5) is 67.4. The number of primary amides is 1. The minimum absolute atomic E-state index is 0.00448. The number of nitrogens with two attached hydrogens (primary N) is 1. The maximum absolute atomic E-state index is 11.5. The lowest BCUT2D eigenvalue weighted by molar-refractivity contribution is -0.159. The molecule has 0 rings (SSSR count). The molecule has 0 aliphatic rings. The molecule has 10 nitrogen and oxygen atoms in total. The third-order valence-electron chi connectivity index (χ3n) is 3.58. The molecular formula is C18H28N2O8. The van der Waals surface area contributed by atoms with Crippen molar-refractivity contribution in [2.24, 2.45) is 5.73 Å². The Balaban J connectivity index is 3.76. The Bertz CT molecular complexity index is 574. The Morgan fingerprint density at radius 3 is 1.36 bits per heavy atom. The quantitative estimate of drug-likeness (QED) is 0.244. The number of rotatable bonds is 14. The highest BCUT2D eigenvalue weighted by Crippen LogP contribution is 2.06. The molecule has 0 atom stereocenters. The highest BCUT2D eigenvalue weighted by molar-refractivity contribution is 5.87. The largest absolute Gasteiger partial charge is 0.393 e. The summed E-state index contributed by atoms with van der Waals surface area (Å²) in [6, 6.07) is 0. The van der Waals surface area contributed by atoms with Crippen LogP contribution < -0.4 is 11.1 Å². The fraction of sp³-hybridized carbons (Fsp3) is 0.667. The van der Waals surface area contributed by atoms with Gasteiger partial charge in [0.2, 0.25) is 11.8 Å². The van der Waals surface area contributed by atoms with Crippen molar-refractivity contribution in [3.8, 4) is 0 Å². The molecule has 158 valence electrons. The summed E-state index contributed by atoms with van der Waals surface area (Å²) in [6.45, 7) is 0. The SMILES string of the molecule is CNC(=O)CCCCC(=O)OC(=O)CCCC(=O)OC(=O)CCCCC(N)=O. The third kappa shape index (κ3) is 15.5. The van der Waals surface area contributed by atoms with Crippen molar-refractivity contribution in [2.75, 3.05) is 7.05 Å². The first-order chi connectivity index (χ1) is 13.2. The van der Waals surface area contributed by atoms with E-state index in [1.54, 1.807) is 0 Å². The van der Waals surface area contributed by atoms with Gasteiger partial charge in [-0.3, -0.25) is 28.8 Å². The van der Waals surface area contributed by atoms with Gasteiger partial charge >= 0.3 is 23.9 Å². The third-order valence-corrected chi connectivity index (χ3v) is 3.58. The molecule has 0 spiro atoms. The fourth-order valence-electron chi connectivity index (χ4n) is 2.08. The molecule has 2 amide bonds. The van der Waals surface area contributed by atoms with Crippen molar-refractivity contribution in [1.29, 1.82) is 0 Å². The number of ether oxygens (including phenoxy) is 2. The molecule has 0 aliphatic heterocycles. The number of carbonyl (C=O) groups is 6. The van der Waals surface area contributed by atoms with Crippen molar-refractivity contribution in [3.63, 3.8) is 0 Å². The number of unbranched alkanes of at least 4 members (excludes halogenated alkanes) is 2. The highest BCUT2D eigenvalue weighted by Gasteiger charge is 2.14. The lowest BCUT2D eigenvalue weighted by atomic mass is 10.2. The zero-order valence-electron chi connectivity index (χ0n) is 16.1. The van der Waals surface area contributed by atoms with E-state index in [4.69, 9.17) is 5.73 Å². The standard InChI is InChI=1S/C18H28N2O8/c1-20-14(22)8-3-5-10-16(24)28-18(26)12-6-11-17(25)27-15(23)9-4-2-7-13(19)21/h2-12H2,1H3,(H2,19,21)(H,20,22). The number of carbonyl (C=O) groups excluding carboxylic acids is 6. The predicted molar refractivity (Wildman–Crippen MR) is 96.2 cm³/mol. The lowest BCUT2D eigenvalue weighted by Gasteiger charge is -2.04. The minimum atomic E-state index is -0.770. The van der Waals surface area contributed by atoms with E-state index in [0.29, 0.717) is 32.1 Å². The van der Waals surface area contributed by atoms with E-state index in [0.717, 1.165) is 0 Å². The van der Waals surface area contributed by atoms with Crippen LogP contribution >= 0.6 is 0 Å². The Labute approximate surface area is 163 Å². The first kappa shape index (κ1) is 25.2. The predicted octanol–water partition coefficient (Wildman–Crippen LogP) is 0.648. The molecular weight excluding hydrogens is 372 g/mol. The summed E-state index contributed by atoms with van der Waals surface area (Å²) in [5.74, 6) is -3.51. The van der Waals surface area contributed by atoms with Gasteiger partial charge in [-0.1, -0.05) is 0 Å². The first-order valence-electron chi connectivity index (χ1n) is 9.20. The number of nitrogens with one attached hydrogen (secondary N) is 1. The summed E-state index contributed by atoms with van der Waals surface area (Å²) >= 11 is 0. The van der Waals surface area contributed by atoms with Crippen LogP contribution in [0.1, 0.15) is 70.6 Å². The van der Waals surface area contributed by atoms with Gasteiger partial charge in [-0.2, -0.15) is 0 Å². The molecule has 0 heterocycles. The van der Waals surface area contributed by atoms with Crippen LogP contribution in [0.4, 0.5) is 0 Å². The van der Waals surface area contributed by atoms with Crippen LogP contribution in [0.3, 0.4) is 0 Å². The zero-order chi connectivity index (χ0) is 21.4. The monoisotopic (exact) mass is 400 g/mol. The number of hydrogen-bond acceptors (Lipinski definition) is 8. The Morgan fingerprint density at radius 1 is 0.607 bits per heavy atom. The van der Waals surface area contributed by atoms with Crippen LogP contribution in [0.15, 0.2) is 0 Å². The molecule has 10 heteroatoms. The lowest BCUT2D eigenvalue weighted by Crippen LogP contribution is -2.17. The van der Waals surface area contributed by atoms with E-state index in [9.17, 15) is 28.8 Å². The van der Waals surface area contributed by atoms with Gasteiger partial charge in [0, 0.05) is 45.6 Å². The van der Waals surface area contributed by atoms with Gasteiger partial charge in [-0.25, -0.2) is 0 Å². The maximum atomic E-state index is 11.5. The van der Waals surface area contributed by atoms with Gasteiger partial charge in [-0.05, 0) is 32.1 Å². The Kier molecular flexibility index (Phi) is 13.8. The van der Waals surface area contributed by atoms with Gasteiger partial charge < -0.3 is 20.5 Å². The second-order valence-electron chi connectivity index (χ2n) is 6.10. The smallest absolute Gasteiger partial charge is 0.313 e. The van der Waals surface area contributed by atoms with E-state index in [-0.39, 0.29) is 44.4 Å². The molecule has 0 fully saturated rings. The topological polar surface area (TPSA) is 159 Å². The van der Waals surface area contributed by atoms with Crippen LogP contribution in [0.5, 0.6) is 0 Å². The zero-order valence-corrected chi connectivity index (χ0v) is 16.1. The Morgan fingerprint density at radius 2 is 0.964 bits per heavy atom. The average molecular weight is 400 g/mol. The molecule has 28 heavy (non-hydrogen) atoms. The van der Waals surface area contributed by atoms with Crippen molar-refractivity contribution in [1.82, 2.24) is 5.32 Å². The second-order valence-corrected chi connectivity index (χ2v) is 6.10.